The third-order valence-electron chi connectivity index (χ3n) is 4.56. The first kappa shape index (κ1) is 18.4. The molecule has 1 amide bonds. The summed E-state index contributed by atoms with van der Waals surface area (Å²) in [5.41, 5.74) is 1.98. The molecule has 2 heterocycles. The molecule has 0 unspecified atom stereocenters. The lowest BCUT2D eigenvalue weighted by molar-refractivity contribution is -0.121. The number of aromatic amines is 1. The molecule has 0 saturated carbocycles. The van der Waals surface area contributed by atoms with Gasteiger partial charge in [0, 0.05) is 17.5 Å². The minimum absolute atomic E-state index is 0.0719. The molecule has 1 aromatic carbocycles. The fourth-order valence-corrected chi connectivity index (χ4v) is 3.12. The number of benzene rings is 1. The molecule has 2 N–H and O–H groups in total. The van der Waals surface area contributed by atoms with Gasteiger partial charge in [-0.05, 0) is 18.4 Å². The van der Waals surface area contributed by atoms with E-state index in [0.717, 1.165) is 5.56 Å². The van der Waals surface area contributed by atoms with Gasteiger partial charge in [0.1, 0.15) is 11.6 Å². The summed E-state index contributed by atoms with van der Waals surface area (Å²) in [5, 5.41) is 14.8. The molecule has 7 nitrogen and oxygen atoms in total. The minimum atomic E-state index is -0.366. The quantitative estimate of drug-likeness (QED) is 0.725. The summed E-state index contributed by atoms with van der Waals surface area (Å²) in [5.74, 6) is -0.0488. The van der Waals surface area contributed by atoms with Crippen LogP contribution < -0.4 is 10.9 Å². The van der Waals surface area contributed by atoms with E-state index in [1.165, 1.54) is 10.7 Å². The highest BCUT2D eigenvalue weighted by Crippen LogP contribution is 2.21. The lowest BCUT2D eigenvalue weighted by Crippen LogP contribution is -2.35. The first-order chi connectivity index (χ1) is 12.9. The van der Waals surface area contributed by atoms with E-state index < -0.39 is 0 Å². The molecule has 27 heavy (non-hydrogen) atoms. The van der Waals surface area contributed by atoms with Gasteiger partial charge in [-0.15, -0.1) is 0 Å². The molecular weight excluding hydrogens is 342 g/mol. The normalized spacial score (nSPS) is 12.1. The average molecular weight is 363 g/mol. The van der Waals surface area contributed by atoms with Crippen molar-refractivity contribution in [2.75, 3.05) is 0 Å². The van der Waals surface area contributed by atoms with Gasteiger partial charge in [-0.1, -0.05) is 44.2 Å². The van der Waals surface area contributed by atoms with Gasteiger partial charge >= 0.3 is 0 Å². The number of amides is 1. The summed E-state index contributed by atoms with van der Waals surface area (Å²) in [6.45, 7) is 5.75. The number of H-pyrrole nitrogens is 1. The van der Waals surface area contributed by atoms with E-state index in [2.05, 4.69) is 15.4 Å². The summed E-state index contributed by atoms with van der Waals surface area (Å²) in [6.07, 6.45) is 1.36. The van der Waals surface area contributed by atoms with Crippen LogP contribution in [0.2, 0.25) is 0 Å². The number of nitrogens with one attached hydrogen (secondary N) is 2. The van der Waals surface area contributed by atoms with Crippen LogP contribution in [0.5, 0.6) is 0 Å². The second-order valence-electron chi connectivity index (χ2n) is 6.82. The number of nitrogens with zero attached hydrogens (tertiary/aromatic N) is 3. The van der Waals surface area contributed by atoms with Crippen molar-refractivity contribution in [1.82, 2.24) is 19.9 Å². The lowest BCUT2D eigenvalue weighted by atomic mass is 9.95. The van der Waals surface area contributed by atoms with Crippen LogP contribution in [0.3, 0.4) is 0 Å². The van der Waals surface area contributed by atoms with Crippen LogP contribution in [0, 0.1) is 24.2 Å². The van der Waals surface area contributed by atoms with E-state index in [0.29, 0.717) is 11.3 Å². The zero-order chi connectivity index (χ0) is 19.6. The van der Waals surface area contributed by atoms with Crippen LogP contribution in [0.25, 0.3) is 5.65 Å². The van der Waals surface area contributed by atoms with Crippen molar-refractivity contribution in [1.29, 1.82) is 5.26 Å². The molecule has 138 valence electrons. The minimum Gasteiger partial charge on any atom is -0.349 e. The Balaban J connectivity index is 1.88. The lowest BCUT2D eigenvalue weighted by Gasteiger charge is -2.23. The van der Waals surface area contributed by atoms with E-state index in [4.69, 9.17) is 5.26 Å². The fourth-order valence-electron chi connectivity index (χ4n) is 3.12. The molecule has 0 saturated heterocycles. The summed E-state index contributed by atoms with van der Waals surface area (Å²) >= 11 is 0. The van der Waals surface area contributed by atoms with Crippen molar-refractivity contribution in [2.45, 2.75) is 33.2 Å². The molecule has 3 rings (SSSR count). The third kappa shape index (κ3) is 3.60. The van der Waals surface area contributed by atoms with Gasteiger partial charge in [0.05, 0.1) is 12.5 Å². The molecule has 0 spiro atoms. The third-order valence-corrected chi connectivity index (χ3v) is 4.56. The molecule has 1 atom stereocenters. The van der Waals surface area contributed by atoms with Gasteiger partial charge in [0.25, 0.3) is 5.56 Å². The first-order valence-corrected chi connectivity index (χ1v) is 8.76. The second-order valence-corrected chi connectivity index (χ2v) is 6.82. The van der Waals surface area contributed by atoms with E-state index in [1.807, 2.05) is 50.2 Å². The number of fused-ring (bicyclic) bond motifs is 1. The summed E-state index contributed by atoms with van der Waals surface area (Å²) < 4.78 is 1.20. The maximum Gasteiger partial charge on any atom is 0.276 e. The van der Waals surface area contributed by atoms with Gasteiger partial charge in [-0.25, -0.2) is 9.50 Å². The van der Waals surface area contributed by atoms with Gasteiger partial charge in [-0.2, -0.15) is 5.26 Å². The predicted molar refractivity (Wildman–Crippen MR) is 101 cm³/mol. The Morgan fingerprint density at radius 1 is 1.33 bits per heavy atom. The van der Waals surface area contributed by atoms with Gasteiger partial charge in [0.2, 0.25) is 5.91 Å². The number of nitriles is 1. The topological polar surface area (TPSA) is 103 Å². The Kier molecular flexibility index (Phi) is 5.08. The van der Waals surface area contributed by atoms with Gasteiger partial charge < -0.3 is 5.32 Å². The van der Waals surface area contributed by atoms with Crippen molar-refractivity contribution in [3.8, 4) is 6.07 Å². The number of carbonyl (C=O) groups excluding carboxylic acids is 1. The molecule has 3 aromatic rings. The van der Waals surface area contributed by atoms with Gasteiger partial charge in [0.15, 0.2) is 5.65 Å². The molecular formula is C20H21N5O2. The molecule has 0 fully saturated rings. The van der Waals surface area contributed by atoms with Crippen molar-refractivity contribution in [3.05, 3.63) is 69.3 Å². The molecule has 7 heteroatoms. The van der Waals surface area contributed by atoms with E-state index in [-0.39, 0.29) is 41.1 Å². The fraction of sp³-hybridized carbons (Fsp3) is 0.300. The van der Waals surface area contributed by atoms with Crippen LogP contribution in [0.15, 0.2) is 41.3 Å². The summed E-state index contributed by atoms with van der Waals surface area (Å²) in [4.78, 5) is 29.7. The standard InChI is InChI=1S/C20H21N5O2/c1-12(2)18(14-7-5-4-6-8-14)24-17(26)9-16-13(3)23-19-15(10-21)11-22-25(19)20(16)27/h4-8,11-12,18,22H,9H2,1-3H3,(H,24,26)/t18-/m1/s1. The monoisotopic (exact) mass is 363 g/mol. The molecule has 0 aliphatic carbocycles. The zero-order valence-electron chi connectivity index (χ0n) is 15.5. The highest BCUT2D eigenvalue weighted by Gasteiger charge is 2.21. The van der Waals surface area contributed by atoms with Gasteiger partial charge in [-0.3, -0.25) is 14.7 Å². The van der Waals surface area contributed by atoms with Crippen LogP contribution in [0.4, 0.5) is 0 Å². The number of hydrogen-bond acceptors (Lipinski definition) is 4. The Hall–Kier alpha value is -3.40. The largest absolute Gasteiger partial charge is 0.349 e. The summed E-state index contributed by atoms with van der Waals surface area (Å²) in [7, 11) is 0. The number of aromatic nitrogens is 3. The first-order valence-electron chi connectivity index (χ1n) is 8.76. The van der Waals surface area contributed by atoms with Crippen molar-refractivity contribution in [2.24, 2.45) is 5.92 Å². The summed E-state index contributed by atoms with van der Waals surface area (Å²) in [6, 6.07) is 11.6. The van der Waals surface area contributed by atoms with Crippen LogP contribution >= 0.6 is 0 Å². The molecule has 0 aliphatic heterocycles. The SMILES string of the molecule is Cc1nc2c(C#N)c[nH]n2c(=O)c1CC(=O)N[C@@H](c1ccccc1)C(C)C. The Labute approximate surface area is 156 Å². The maximum atomic E-state index is 12.7. The Morgan fingerprint density at radius 3 is 2.67 bits per heavy atom. The number of carbonyl (C=O) groups is 1. The zero-order valence-corrected chi connectivity index (χ0v) is 15.5. The smallest absolute Gasteiger partial charge is 0.276 e. The van der Waals surface area contributed by atoms with Crippen molar-refractivity contribution < 1.29 is 4.79 Å². The van der Waals surface area contributed by atoms with Crippen LogP contribution in [-0.4, -0.2) is 20.5 Å². The number of rotatable bonds is 5. The van der Waals surface area contributed by atoms with Crippen LogP contribution in [0.1, 0.15) is 42.3 Å². The predicted octanol–water partition coefficient (Wildman–Crippen LogP) is 2.26. The number of aryl methyl sites for hydroxylation is 1. The Morgan fingerprint density at radius 2 is 2.04 bits per heavy atom. The molecule has 0 aliphatic rings. The van der Waals surface area contributed by atoms with E-state index in [9.17, 15) is 9.59 Å². The molecule has 0 bridgehead atoms. The second kappa shape index (κ2) is 7.46. The van der Waals surface area contributed by atoms with E-state index >= 15 is 0 Å². The average Bonchev–Trinajstić information content (AvgIpc) is 3.06. The molecule has 2 aromatic heterocycles. The highest BCUT2D eigenvalue weighted by molar-refractivity contribution is 5.79. The maximum absolute atomic E-state index is 12.7. The van der Waals surface area contributed by atoms with Crippen LogP contribution in [-0.2, 0) is 11.2 Å². The number of hydrogen-bond donors (Lipinski definition) is 2. The molecule has 0 radical (unpaired) electrons. The Bertz CT molecular complexity index is 1070. The highest BCUT2D eigenvalue weighted by atomic mass is 16.2. The van der Waals surface area contributed by atoms with Crippen molar-refractivity contribution in [3.63, 3.8) is 0 Å². The van der Waals surface area contributed by atoms with E-state index in [1.54, 1.807) is 6.92 Å². The van der Waals surface area contributed by atoms with Crippen molar-refractivity contribution >= 4 is 11.6 Å².